The van der Waals surface area contributed by atoms with Gasteiger partial charge >= 0.3 is 0 Å². The molecule has 1 aromatic carbocycles. The van der Waals surface area contributed by atoms with Gasteiger partial charge in [-0.3, -0.25) is 0 Å². The van der Waals surface area contributed by atoms with Gasteiger partial charge in [-0.15, -0.1) is 11.3 Å². The quantitative estimate of drug-likeness (QED) is 0.858. The van der Waals surface area contributed by atoms with Crippen LogP contribution in [0.4, 0.5) is 0 Å². The van der Waals surface area contributed by atoms with Crippen molar-refractivity contribution in [3.63, 3.8) is 0 Å². The zero-order valence-corrected chi connectivity index (χ0v) is 9.63. The Hall–Kier alpha value is -1.19. The molecule has 2 aromatic rings. The van der Waals surface area contributed by atoms with Gasteiger partial charge in [0.2, 0.25) is 0 Å². The Morgan fingerprint density at radius 3 is 2.50 bits per heavy atom. The molecule has 2 nitrogen and oxygen atoms in total. The Kier molecular flexibility index (Phi) is 1.42. The van der Waals surface area contributed by atoms with E-state index in [0.717, 1.165) is 17.8 Å². The SMILES string of the molecule is NC12CC1(c1csc(-c3ccccc3)n1)C2. The normalized spacial score (nSPS) is 34.6. The second-order valence-corrected chi connectivity index (χ2v) is 5.85. The van der Waals surface area contributed by atoms with Crippen LogP contribution in [0.3, 0.4) is 0 Å². The van der Waals surface area contributed by atoms with E-state index in [2.05, 4.69) is 29.6 Å². The molecule has 2 N–H and O–H groups in total. The van der Waals surface area contributed by atoms with Gasteiger partial charge in [0.05, 0.1) is 5.69 Å². The fourth-order valence-electron chi connectivity index (χ4n) is 2.58. The molecule has 0 atom stereocenters. The highest BCUT2D eigenvalue weighted by Crippen LogP contribution is 2.77. The van der Waals surface area contributed by atoms with E-state index in [-0.39, 0.29) is 11.0 Å². The Balaban J connectivity index is 1.72. The maximum absolute atomic E-state index is 6.12. The Bertz CT molecular complexity index is 552. The number of hydrogen-bond acceptors (Lipinski definition) is 3. The molecule has 2 aliphatic rings. The predicted molar refractivity (Wildman–Crippen MR) is 65.4 cm³/mol. The van der Waals surface area contributed by atoms with Gasteiger partial charge in [-0.1, -0.05) is 30.3 Å². The second-order valence-electron chi connectivity index (χ2n) is 5.00. The number of aromatic nitrogens is 1. The first kappa shape index (κ1) is 8.90. The van der Waals surface area contributed by atoms with Crippen LogP contribution < -0.4 is 5.73 Å². The third-order valence-corrected chi connectivity index (χ3v) is 4.84. The van der Waals surface area contributed by atoms with Crippen LogP contribution in [0.2, 0.25) is 0 Å². The van der Waals surface area contributed by atoms with Crippen molar-refractivity contribution in [1.82, 2.24) is 4.98 Å². The molecule has 1 aromatic heterocycles. The summed E-state index contributed by atoms with van der Waals surface area (Å²) in [5.41, 5.74) is 8.94. The van der Waals surface area contributed by atoms with E-state index in [0.29, 0.717) is 0 Å². The summed E-state index contributed by atoms with van der Waals surface area (Å²) in [5, 5.41) is 3.30. The van der Waals surface area contributed by atoms with Gasteiger partial charge in [0, 0.05) is 21.9 Å². The Labute approximate surface area is 98.1 Å². The van der Waals surface area contributed by atoms with E-state index in [1.54, 1.807) is 11.3 Å². The highest BCUT2D eigenvalue weighted by Gasteiger charge is 2.83. The summed E-state index contributed by atoms with van der Waals surface area (Å²) in [7, 11) is 0. The lowest BCUT2D eigenvalue weighted by atomic mass is 10.1. The van der Waals surface area contributed by atoms with Crippen LogP contribution >= 0.6 is 11.3 Å². The van der Waals surface area contributed by atoms with Crippen LogP contribution in [0.15, 0.2) is 35.7 Å². The molecule has 2 saturated carbocycles. The summed E-state index contributed by atoms with van der Waals surface area (Å²) >= 11 is 1.73. The van der Waals surface area contributed by atoms with Crippen LogP contribution in [0.5, 0.6) is 0 Å². The first-order valence-electron chi connectivity index (χ1n) is 5.54. The Morgan fingerprint density at radius 1 is 1.19 bits per heavy atom. The van der Waals surface area contributed by atoms with Gasteiger partial charge < -0.3 is 5.73 Å². The number of hydrogen-bond donors (Lipinski definition) is 1. The maximum atomic E-state index is 6.12. The zero-order chi connectivity index (χ0) is 10.8. The van der Waals surface area contributed by atoms with Crippen molar-refractivity contribution in [1.29, 1.82) is 0 Å². The molecule has 2 aliphatic carbocycles. The van der Waals surface area contributed by atoms with Crippen molar-refractivity contribution in [3.8, 4) is 10.6 Å². The molecule has 0 aliphatic heterocycles. The fraction of sp³-hybridized carbons (Fsp3) is 0.308. The zero-order valence-electron chi connectivity index (χ0n) is 8.81. The van der Waals surface area contributed by atoms with Crippen molar-refractivity contribution in [3.05, 3.63) is 41.4 Å². The van der Waals surface area contributed by atoms with Crippen LogP contribution in [0.25, 0.3) is 10.6 Å². The summed E-state index contributed by atoms with van der Waals surface area (Å²) in [4.78, 5) is 4.74. The van der Waals surface area contributed by atoms with Crippen LogP contribution in [0, 0.1) is 0 Å². The molecule has 0 bridgehead atoms. The minimum absolute atomic E-state index is 0.120. The third-order valence-electron chi connectivity index (χ3n) is 3.95. The van der Waals surface area contributed by atoms with E-state index in [1.165, 1.54) is 11.3 Å². The van der Waals surface area contributed by atoms with Crippen molar-refractivity contribution in [2.75, 3.05) is 0 Å². The van der Waals surface area contributed by atoms with Crippen molar-refractivity contribution < 1.29 is 0 Å². The molecule has 80 valence electrons. The molecule has 4 rings (SSSR count). The first-order chi connectivity index (χ1) is 7.74. The van der Waals surface area contributed by atoms with E-state index < -0.39 is 0 Å². The Morgan fingerprint density at radius 2 is 1.88 bits per heavy atom. The summed E-state index contributed by atoms with van der Waals surface area (Å²) < 4.78 is 0. The van der Waals surface area contributed by atoms with Gasteiger partial charge in [-0.05, 0) is 12.8 Å². The molecular weight excluding hydrogens is 216 g/mol. The molecule has 0 spiro atoms. The lowest BCUT2D eigenvalue weighted by Gasteiger charge is -1.96. The van der Waals surface area contributed by atoms with Crippen LogP contribution in [0.1, 0.15) is 18.5 Å². The molecule has 1 heterocycles. The second kappa shape index (κ2) is 2.55. The maximum Gasteiger partial charge on any atom is 0.123 e. The molecule has 0 radical (unpaired) electrons. The molecule has 0 unspecified atom stereocenters. The number of thiazole rings is 1. The van der Waals surface area contributed by atoms with Gasteiger partial charge in [-0.2, -0.15) is 0 Å². The molecule has 0 amide bonds. The molecular formula is C13H12N2S. The van der Waals surface area contributed by atoms with Gasteiger partial charge in [0.15, 0.2) is 0 Å². The first-order valence-corrected chi connectivity index (χ1v) is 6.42. The largest absolute Gasteiger partial charge is 0.324 e. The van der Waals surface area contributed by atoms with Crippen molar-refractivity contribution in [2.24, 2.45) is 5.73 Å². The average Bonchev–Trinajstić information content (AvgIpc) is 2.95. The van der Waals surface area contributed by atoms with Crippen molar-refractivity contribution in [2.45, 2.75) is 23.8 Å². The van der Waals surface area contributed by atoms with E-state index in [1.807, 2.05) is 6.07 Å². The molecule has 16 heavy (non-hydrogen) atoms. The molecule has 3 heteroatoms. The monoisotopic (exact) mass is 228 g/mol. The fourth-order valence-corrected chi connectivity index (χ4v) is 3.50. The van der Waals surface area contributed by atoms with Gasteiger partial charge in [0.25, 0.3) is 0 Å². The lowest BCUT2D eigenvalue weighted by molar-refractivity contribution is 0.764. The topological polar surface area (TPSA) is 38.9 Å². The number of nitrogens with zero attached hydrogens (tertiary/aromatic N) is 1. The smallest absolute Gasteiger partial charge is 0.123 e. The van der Waals surface area contributed by atoms with Gasteiger partial charge in [0.1, 0.15) is 5.01 Å². The lowest BCUT2D eigenvalue weighted by Crippen LogP contribution is -2.08. The third kappa shape index (κ3) is 0.975. The predicted octanol–water partition coefficient (Wildman–Crippen LogP) is 2.55. The minimum Gasteiger partial charge on any atom is -0.324 e. The molecule has 2 fully saturated rings. The van der Waals surface area contributed by atoms with Crippen LogP contribution in [-0.2, 0) is 5.41 Å². The van der Waals surface area contributed by atoms with E-state index in [4.69, 9.17) is 10.7 Å². The minimum atomic E-state index is 0.120. The number of fused-ring (bicyclic) bond motifs is 1. The van der Waals surface area contributed by atoms with Gasteiger partial charge in [-0.25, -0.2) is 4.98 Å². The molecule has 0 saturated heterocycles. The summed E-state index contributed by atoms with van der Waals surface area (Å²) in [6, 6.07) is 10.3. The summed E-state index contributed by atoms with van der Waals surface area (Å²) in [6.07, 6.45) is 2.27. The summed E-state index contributed by atoms with van der Waals surface area (Å²) in [6.45, 7) is 0. The van der Waals surface area contributed by atoms with E-state index >= 15 is 0 Å². The average molecular weight is 228 g/mol. The number of rotatable bonds is 2. The van der Waals surface area contributed by atoms with Crippen molar-refractivity contribution >= 4 is 11.3 Å². The standard InChI is InChI=1S/C13H12N2S/c14-13-7-12(13,8-13)10-6-16-11(15-10)9-4-2-1-3-5-9/h1-6H,7-8,14H2. The van der Waals surface area contributed by atoms with Crippen LogP contribution in [-0.4, -0.2) is 10.5 Å². The highest BCUT2D eigenvalue weighted by molar-refractivity contribution is 7.13. The van der Waals surface area contributed by atoms with E-state index in [9.17, 15) is 0 Å². The highest BCUT2D eigenvalue weighted by atomic mass is 32.1. The number of nitrogens with two attached hydrogens (primary N) is 1. The summed E-state index contributed by atoms with van der Waals surface area (Å²) in [5.74, 6) is 0. The number of benzene rings is 1.